The van der Waals surface area contributed by atoms with Gasteiger partial charge in [0.15, 0.2) is 11.6 Å². The molecule has 0 heterocycles. The van der Waals surface area contributed by atoms with Crippen LogP contribution >= 0.6 is 0 Å². The molecule has 0 spiro atoms. The average molecular weight is 394 g/mol. The van der Waals surface area contributed by atoms with Crippen molar-refractivity contribution in [2.45, 2.75) is 24.8 Å². The van der Waals surface area contributed by atoms with Gasteiger partial charge < -0.3 is 16.2 Å². The number of benzene rings is 2. The molecule has 146 valence electrons. The molecule has 0 amide bonds. The molecular weight excluding hydrogens is 381 g/mol. The molecule has 0 fully saturated rings. The fourth-order valence-corrected chi connectivity index (χ4v) is 2.41. The molecule has 0 saturated heterocycles. The van der Waals surface area contributed by atoms with Crippen LogP contribution in [0.3, 0.4) is 0 Å². The van der Waals surface area contributed by atoms with E-state index >= 15 is 0 Å². The summed E-state index contributed by atoms with van der Waals surface area (Å²) in [5, 5.41) is 17.5. The molecule has 2 rings (SSSR count). The van der Waals surface area contributed by atoms with E-state index in [1.54, 1.807) is 0 Å². The normalized spacial score (nSPS) is 13.5. The van der Waals surface area contributed by atoms with Crippen molar-refractivity contribution >= 4 is 5.71 Å². The zero-order valence-corrected chi connectivity index (χ0v) is 13.4. The van der Waals surface area contributed by atoms with Gasteiger partial charge in [-0.3, -0.25) is 0 Å². The Bertz CT molecular complexity index is 827. The first-order valence-corrected chi connectivity index (χ1v) is 7.41. The van der Waals surface area contributed by atoms with Gasteiger partial charge in [-0.1, -0.05) is 12.1 Å². The lowest BCUT2D eigenvalue weighted by atomic mass is 9.95. The number of phenols is 1. The number of nitrogens with one attached hydrogen (secondary N) is 1. The van der Waals surface area contributed by atoms with Crippen molar-refractivity contribution in [2.75, 3.05) is 0 Å². The first-order chi connectivity index (χ1) is 12.3. The summed E-state index contributed by atoms with van der Waals surface area (Å²) >= 11 is 0. The van der Waals surface area contributed by atoms with Crippen LogP contribution in [0.2, 0.25) is 0 Å². The van der Waals surface area contributed by atoms with Crippen LogP contribution in [-0.4, -0.2) is 10.8 Å². The highest BCUT2D eigenvalue weighted by molar-refractivity contribution is 5.99. The van der Waals surface area contributed by atoms with E-state index in [4.69, 9.17) is 11.1 Å². The van der Waals surface area contributed by atoms with E-state index in [0.29, 0.717) is 12.1 Å². The Kier molecular flexibility index (Phi) is 5.50. The quantitative estimate of drug-likeness (QED) is 0.503. The summed E-state index contributed by atoms with van der Waals surface area (Å²) in [6.07, 6.45) is -10.6. The zero-order valence-electron chi connectivity index (χ0n) is 13.4. The summed E-state index contributed by atoms with van der Waals surface area (Å²) in [6.45, 7) is 0. The predicted octanol–water partition coefficient (Wildman–Crippen LogP) is 5.03. The molecule has 0 aliphatic heterocycles. The van der Waals surface area contributed by atoms with Gasteiger partial charge in [0.1, 0.15) is 0 Å². The molecule has 0 saturated carbocycles. The summed E-state index contributed by atoms with van der Waals surface area (Å²) in [4.78, 5) is 0. The minimum atomic E-state index is -5.04. The molecular formula is C17H13F7N2O. The summed E-state index contributed by atoms with van der Waals surface area (Å²) < 4.78 is 90.7. The third-order valence-corrected chi connectivity index (χ3v) is 3.78. The molecule has 1 unspecified atom stereocenters. The van der Waals surface area contributed by atoms with Gasteiger partial charge in [-0.25, -0.2) is 4.39 Å². The van der Waals surface area contributed by atoms with Gasteiger partial charge in [-0.15, -0.1) is 0 Å². The lowest BCUT2D eigenvalue weighted by Gasteiger charge is -2.17. The summed E-state index contributed by atoms with van der Waals surface area (Å²) in [7, 11) is 0. The number of hydrogen-bond acceptors (Lipinski definition) is 3. The Balaban J connectivity index is 2.39. The molecule has 3 nitrogen and oxygen atoms in total. The number of para-hydroxylation sites is 1. The lowest BCUT2D eigenvalue weighted by Crippen LogP contribution is -2.18. The van der Waals surface area contributed by atoms with E-state index in [0.717, 1.165) is 6.07 Å². The molecule has 0 aliphatic rings. The van der Waals surface area contributed by atoms with Crippen molar-refractivity contribution in [3.63, 3.8) is 0 Å². The molecule has 10 heteroatoms. The first-order valence-electron chi connectivity index (χ1n) is 7.41. The van der Waals surface area contributed by atoms with E-state index in [1.807, 2.05) is 0 Å². The summed E-state index contributed by atoms with van der Waals surface area (Å²) in [5.41, 5.74) is 1.26. The molecule has 27 heavy (non-hydrogen) atoms. The summed E-state index contributed by atoms with van der Waals surface area (Å²) in [6, 6.07) is 2.97. The number of rotatable bonds is 4. The van der Waals surface area contributed by atoms with E-state index in [2.05, 4.69) is 0 Å². The minimum absolute atomic E-state index is 0.0465. The number of phenolic OH excluding ortho intramolecular Hbond substituents is 1. The molecule has 0 aromatic heterocycles. The van der Waals surface area contributed by atoms with Crippen LogP contribution in [0.1, 0.15) is 34.7 Å². The molecule has 2 aromatic rings. The Morgan fingerprint density at radius 2 is 1.52 bits per heavy atom. The average Bonchev–Trinajstić information content (AvgIpc) is 2.55. The standard InChI is InChI=1S/C17H13F7N2O/c18-12-3-1-2-11(15(12)27)14(26)7-13(25)8-4-9(16(19,20)21)6-10(5-8)17(22,23)24/h1-6,14,25,27H,7,26H2. The fraction of sp³-hybridized carbons (Fsp3) is 0.235. The minimum Gasteiger partial charge on any atom is -0.505 e. The van der Waals surface area contributed by atoms with Gasteiger partial charge >= 0.3 is 12.4 Å². The van der Waals surface area contributed by atoms with Crippen LogP contribution in [0.15, 0.2) is 36.4 Å². The van der Waals surface area contributed by atoms with Crippen molar-refractivity contribution in [1.82, 2.24) is 0 Å². The Morgan fingerprint density at radius 3 is 2.00 bits per heavy atom. The largest absolute Gasteiger partial charge is 0.505 e. The topological polar surface area (TPSA) is 70.1 Å². The maximum atomic E-state index is 13.4. The second-order valence-corrected chi connectivity index (χ2v) is 5.76. The van der Waals surface area contributed by atoms with E-state index in [9.17, 15) is 35.8 Å². The molecule has 4 N–H and O–H groups in total. The number of alkyl halides is 6. The molecule has 2 aromatic carbocycles. The second kappa shape index (κ2) is 7.18. The third-order valence-electron chi connectivity index (χ3n) is 3.78. The van der Waals surface area contributed by atoms with Gasteiger partial charge in [0.2, 0.25) is 0 Å². The van der Waals surface area contributed by atoms with Gasteiger partial charge in [-0.2, -0.15) is 26.3 Å². The van der Waals surface area contributed by atoms with Crippen molar-refractivity contribution in [2.24, 2.45) is 5.73 Å². The maximum absolute atomic E-state index is 13.4. The number of hydrogen-bond donors (Lipinski definition) is 3. The number of halogens is 7. The third kappa shape index (κ3) is 4.76. The van der Waals surface area contributed by atoms with Crippen molar-refractivity contribution in [3.05, 3.63) is 64.5 Å². The molecule has 1 atom stereocenters. The van der Waals surface area contributed by atoms with Crippen molar-refractivity contribution < 1.29 is 35.8 Å². The van der Waals surface area contributed by atoms with Crippen LogP contribution in [0.25, 0.3) is 0 Å². The van der Waals surface area contributed by atoms with E-state index in [-0.39, 0.29) is 11.6 Å². The Hall–Kier alpha value is -2.62. The number of aromatic hydroxyl groups is 1. The molecule has 0 aliphatic carbocycles. The maximum Gasteiger partial charge on any atom is 0.416 e. The van der Waals surface area contributed by atoms with Crippen LogP contribution in [-0.2, 0) is 12.4 Å². The highest BCUT2D eigenvalue weighted by Crippen LogP contribution is 2.37. The van der Waals surface area contributed by atoms with E-state index in [1.165, 1.54) is 12.1 Å². The van der Waals surface area contributed by atoms with Crippen molar-refractivity contribution in [1.29, 1.82) is 5.41 Å². The molecule has 0 radical (unpaired) electrons. The van der Waals surface area contributed by atoms with Crippen LogP contribution < -0.4 is 5.73 Å². The predicted molar refractivity (Wildman–Crippen MR) is 82.9 cm³/mol. The van der Waals surface area contributed by atoms with Gasteiger partial charge in [0.05, 0.1) is 11.1 Å². The smallest absolute Gasteiger partial charge is 0.416 e. The second-order valence-electron chi connectivity index (χ2n) is 5.76. The Morgan fingerprint density at radius 1 is 1.00 bits per heavy atom. The Labute approximate surface area is 148 Å². The molecule has 0 bridgehead atoms. The van der Waals surface area contributed by atoms with Gasteiger partial charge in [-0.05, 0) is 29.8 Å². The zero-order chi connectivity index (χ0) is 20.6. The highest BCUT2D eigenvalue weighted by atomic mass is 19.4. The van der Waals surface area contributed by atoms with Crippen LogP contribution in [0.5, 0.6) is 5.75 Å². The highest BCUT2D eigenvalue weighted by Gasteiger charge is 2.37. The monoisotopic (exact) mass is 394 g/mol. The van der Waals surface area contributed by atoms with E-state index < -0.39 is 58.8 Å². The SMILES string of the molecule is N=C(CC(N)c1cccc(F)c1O)c1cc(C(F)(F)F)cc(C(F)(F)F)c1. The summed E-state index contributed by atoms with van der Waals surface area (Å²) in [5.74, 6) is -1.79. The number of nitrogens with two attached hydrogens (primary N) is 1. The van der Waals surface area contributed by atoms with Crippen LogP contribution in [0, 0.1) is 11.2 Å². The fourth-order valence-electron chi connectivity index (χ4n) is 2.41. The van der Waals surface area contributed by atoms with Gasteiger partial charge in [0, 0.05) is 23.7 Å². The lowest BCUT2D eigenvalue weighted by molar-refractivity contribution is -0.143. The van der Waals surface area contributed by atoms with Crippen molar-refractivity contribution in [3.8, 4) is 5.75 Å². The van der Waals surface area contributed by atoms with Crippen LogP contribution in [0.4, 0.5) is 30.7 Å². The first kappa shape index (κ1) is 20.7. The van der Waals surface area contributed by atoms with Gasteiger partial charge in [0.25, 0.3) is 0 Å².